The molecule has 3 heterocycles. The van der Waals surface area contributed by atoms with Gasteiger partial charge in [-0.3, -0.25) is 4.79 Å². The van der Waals surface area contributed by atoms with Crippen molar-refractivity contribution >= 4 is 52.0 Å². The fraction of sp³-hybridized carbons (Fsp3) is 0.393. The monoisotopic (exact) mass is 553 g/mol. The molecule has 8 nitrogen and oxygen atoms in total. The van der Waals surface area contributed by atoms with E-state index < -0.39 is 0 Å². The van der Waals surface area contributed by atoms with E-state index >= 15 is 0 Å². The Bertz CT molecular complexity index is 1280. The first-order valence-electron chi connectivity index (χ1n) is 13.1. The van der Waals surface area contributed by atoms with Crippen molar-refractivity contribution in [3.8, 4) is 0 Å². The molecular weight excluding hydrogens is 521 g/mol. The van der Waals surface area contributed by atoms with Gasteiger partial charge < -0.3 is 25.8 Å². The molecule has 0 unspecified atom stereocenters. The molecule has 1 amide bonds. The van der Waals surface area contributed by atoms with E-state index in [0.29, 0.717) is 41.0 Å². The van der Waals surface area contributed by atoms with Crippen LogP contribution in [-0.2, 0) is 6.54 Å². The van der Waals surface area contributed by atoms with Gasteiger partial charge in [0.2, 0.25) is 0 Å². The number of fused-ring (bicyclic) bond motifs is 1. The summed E-state index contributed by atoms with van der Waals surface area (Å²) in [6, 6.07) is 16.3. The van der Waals surface area contributed by atoms with Gasteiger partial charge in [0.15, 0.2) is 11.5 Å². The van der Waals surface area contributed by atoms with E-state index in [1.165, 1.54) is 5.69 Å². The summed E-state index contributed by atoms with van der Waals surface area (Å²) in [4.78, 5) is 17.6. The average molecular weight is 555 g/mol. The lowest BCUT2D eigenvalue weighted by atomic mass is 10.0. The van der Waals surface area contributed by atoms with Crippen molar-refractivity contribution in [3.05, 3.63) is 69.8 Å². The quantitative estimate of drug-likeness (QED) is 0.359. The van der Waals surface area contributed by atoms with Gasteiger partial charge in [-0.1, -0.05) is 37.0 Å². The molecule has 38 heavy (non-hydrogen) atoms. The third-order valence-electron chi connectivity index (χ3n) is 6.94. The lowest BCUT2D eigenvalue weighted by Crippen LogP contribution is -2.44. The minimum absolute atomic E-state index is 0.249. The van der Waals surface area contributed by atoms with Gasteiger partial charge in [-0.25, -0.2) is 0 Å². The second-order valence-corrected chi connectivity index (χ2v) is 11.0. The first kappa shape index (κ1) is 26.5. The second kappa shape index (κ2) is 11.8. The number of benzene rings is 2. The maximum atomic E-state index is 13.1. The predicted molar refractivity (Wildman–Crippen MR) is 156 cm³/mol. The number of amides is 1. The average Bonchev–Trinajstić information content (AvgIpc) is 2.91. The highest BCUT2D eigenvalue weighted by atomic mass is 35.5. The molecule has 1 saturated heterocycles. The van der Waals surface area contributed by atoms with E-state index in [2.05, 4.69) is 61.9 Å². The van der Waals surface area contributed by atoms with Gasteiger partial charge in [0.1, 0.15) is 0 Å². The molecule has 3 N–H and O–H groups in total. The molecule has 0 spiro atoms. The topological polar surface area (TPSA) is 85.4 Å². The van der Waals surface area contributed by atoms with Gasteiger partial charge in [-0.2, -0.15) is 0 Å². The minimum atomic E-state index is -0.306. The van der Waals surface area contributed by atoms with Crippen molar-refractivity contribution in [3.63, 3.8) is 0 Å². The van der Waals surface area contributed by atoms with E-state index in [-0.39, 0.29) is 11.6 Å². The molecule has 1 fully saturated rings. The van der Waals surface area contributed by atoms with E-state index in [4.69, 9.17) is 23.2 Å². The summed E-state index contributed by atoms with van der Waals surface area (Å²) in [7, 11) is 0. The first-order valence-corrected chi connectivity index (χ1v) is 13.8. The zero-order chi connectivity index (χ0) is 26.6. The van der Waals surface area contributed by atoms with Gasteiger partial charge >= 0.3 is 0 Å². The van der Waals surface area contributed by atoms with Crippen molar-refractivity contribution in [2.24, 2.45) is 0 Å². The van der Waals surface area contributed by atoms with Crippen LogP contribution in [0.3, 0.4) is 0 Å². The van der Waals surface area contributed by atoms with Crippen LogP contribution in [-0.4, -0.2) is 54.4 Å². The van der Waals surface area contributed by atoms with Crippen LogP contribution in [0.25, 0.3) is 0 Å². The zero-order valence-corrected chi connectivity index (χ0v) is 23.2. The van der Waals surface area contributed by atoms with Gasteiger partial charge in [0, 0.05) is 66.2 Å². The summed E-state index contributed by atoms with van der Waals surface area (Å²) in [6.45, 7) is 8.42. The molecule has 1 aromatic heterocycles. The Morgan fingerprint density at radius 1 is 1.05 bits per heavy atom. The summed E-state index contributed by atoms with van der Waals surface area (Å²) in [5.41, 5.74) is 3.85. The number of nitrogens with one attached hydrogen (secondary N) is 3. The zero-order valence-electron chi connectivity index (χ0n) is 21.7. The summed E-state index contributed by atoms with van der Waals surface area (Å²) in [6.07, 6.45) is 2.26. The minimum Gasteiger partial charge on any atom is -0.371 e. The van der Waals surface area contributed by atoms with E-state index in [9.17, 15) is 4.79 Å². The molecule has 0 radical (unpaired) electrons. The van der Waals surface area contributed by atoms with Crippen molar-refractivity contribution in [2.75, 3.05) is 46.6 Å². The van der Waals surface area contributed by atoms with E-state index in [1.54, 1.807) is 18.2 Å². The maximum absolute atomic E-state index is 13.1. The molecule has 0 saturated carbocycles. The normalized spacial score (nSPS) is 15.8. The molecule has 200 valence electrons. The van der Waals surface area contributed by atoms with E-state index in [0.717, 1.165) is 49.4 Å². The highest BCUT2D eigenvalue weighted by Crippen LogP contribution is 2.31. The van der Waals surface area contributed by atoms with Gasteiger partial charge in [0.25, 0.3) is 5.91 Å². The molecule has 0 atom stereocenters. The lowest BCUT2D eigenvalue weighted by Gasteiger charge is -2.35. The molecule has 3 aromatic rings. The third-order valence-corrected chi connectivity index (χ3v) is 7.55. The SMILES string of the molecule is CC(C)NC1CCN(c2ccc(NC(=O)c3cc4c(nn3)NCCN4Cc3cc(Cl)ccc3Cl)cc2)CC1. The van der Waals surface area contributed by atoms with Crippen LogP contribution in [0.5, 0.6) is 0 Å². The van der Waals surface area contributed by atoms with Crippen molar-refractivity contribution in [1.29, 1.82) is 0 Å². The number of aromatic nitrogens is 2. The predicted octanol–water partition coefficient (Wildman–Crippen LogP) is 5.43. The van der Waals surface area contributed by atoms with Crippen LogP contribution in [0.2, 0.25) is 10.0 Å². The van der Waals surface area contributed by atoms with Crippen molar-refractivity contribution < 1.29 is 4.79 Å². The summed E-state index contributed by atoms with van der Waals surface area (Å²) >= 11 is 12.6. The molecule has 5 rings (SSSR count). The Morgan fingerprint density at radius 2 is 1.82 bits per heavy atom. The number of anilines is 4. The molecule has 2 aliphatic rings. The van der Waals surface area contributed by atoms with E-state index in [1.807, 2.05) is 18.2 Å². The largest absolute Gasteiger partial charge is 0.371 e. The third kappa shape index (κ3) is 6.31. The second-order valence-electron chi connectivity index (χ2n) is 10.1. The Balaban J connectivity index is 1.24. The van der Waals surface area contributed by atoms with Crippen LogP contribution < -0.4 is 25.8 Å². The fourth-order valence-corrected chi connectivity index (χ4v) is 5.42. The van der Waals surface area contributed by atoms with Crippen LogP contribution >= 0.6 is 23.2 Å². The van der Waals surface area contributed by atoms with Crippen LogP contribution in [0.1, 0.15) is 42.7 Å². The smallest absolute Gasteiger partial charge is 0.276 e. The number of carbonyl (C=O) groups excluding carboxylic acids is 1. The van der Waals surface area contributed by atoms with Crippen LogP contribution in [0.4, 0.5) is 22.9 Å². The van der Waals surface area contributed by atoms with Crippen molar-refractivity contribution in [1.82, 2.24) is 15.5 Å². The highest BCUT2D eigenvalue weighted by Gasteiger charge is 2.23. The highest BCUT2D eigenvalue weighted by molar-refractivity contribution is 6.33. The Hall–Kier alpha value is -3.07. The lowest BCUT2D eigenvalue weighted by molar-refractivity contribution is 0.102. The van der Waals surface area contributed by atoms with Crippen molar-refractivity contribution in [2.45, 2.75) is 45.3 Å². The summed E-state index contributed by atoms with van der Waals surface area (Å²) in [5, 5.41) is 19.6. The Morgan fingerprint density at radius 3 is 2.55 bits per heavy atom. The number of nitrogens with zero attached hydrogens (tertiary/aromatic N) is 4. The van der Waals surface area contributed by atoms with Crippen LogP contribution in [0.15, 0.2) is 48.5 Å². The summed E-state index contributed by atoms with van der Waals surface area (Å²) < 4.78 is 0. The molecule has 0 bridgehead atoms. The van der Waals surface area contributed by atoms with Crippen LogP contribution in [0, 0.1) is 0 Å². The Labute approximate surface area is 233 Å². The molecule has 10 heteroatoms. The molecule has 0 aliphatic carbocycles. The summed E-state index contributed by atoms with van der Waals surface area (Å²) in [5.74, 6) is 0.336. The molecular formula is C28H33Cl2N7O. The number of carbonyl (C=O) groups is 1. The molecule has 2 aromatic carbocycles. The number of hydrogen-bond acceptors (Lipinski definition) is 7. The fourth-order valence-electron chi connectivity index (χ4n) is 5.05. The molecule has 2 aliphatic heterocycles. The number of piperidine rings is 1. The van der Waals surface area contributed by atoms with Gasteiger partial charge in [-0.05, 0) is 66.9 Å². The number of halogens is 2. The number of hydrogen-bond donors (Lipinski definition) is 3. The van der Waals surface area contributed by atoms with Gasteiger partial charge in [0.05, 0.1) is 5.69 Å². The standard InChI is InChI=1S/C28H33Cl2N7O/c1-18(2)32-22-9-12-36(13-10-22)23-6-4-21(5-7-23)33-28(38)25-16-26-27(35-34-25)31-11-14-37(26)17-19-15-20(29)3-8-24(19)30/h3-8,15-16,18,22,32H,9-14,17H2,1-2H3,(H,31,35)(H,33,38). The first-order chi connectivity index (χ1) is 18.4. The maximum Gasteiger partial charge on any atom is 0.276 e. The Kier molecular flexibility index (Phi) is 8.21. The van der Waals surface area contributed by atoms with Gasteiger partial charge in [-0.15, -0.1) is 10.2 Å². The number of rotatable bonds is 7.